The van der Waals surface area contributed by atoms with Gasteiger partial charge in [0.05, 0.1) is 18.9 Å². The minimum atomic E-state index is -0.349. The lowest BCUT2D eigenvalue weighted by atomic mass is 10.1. The van der Waals surface area contributed by atoms with Crippen molar-refractivity contribution >= 4 is 12.2 Å². The number of aromatic nitrogens is 4. The van der Waals surface area contributed by atoms with Crippen molar-refractivity contribution in [2.45, 2.75) is 20.8 Å². The fraction of sp³-hybridized carbons (Fsp3) is 0.222. The first kappa shape index (κ1) is 16.6. The molecule has 0 radical (unpaired) electrons. The lowest BCUT2D eigenvalue weighted by Gasteiger charge is -2.14. The predicted octanol–water partition coefficient (Wildman–Crippen LogP) is 2.66. The van der Waals surface area contributed by atoms with Crippen LogP contribution in [0.4, 0.5) is 0 Å². The monoisotopic (exact) mass is 337 g/mol. The maximum atomic E-state index is 11.8. The Bertz CT molecular complexity index is 939. The van der Waals surface area contributed by atoms with E-state index < -0.39 is 0 Å². The average molecular weight is 337 g/mol. The van der Waals surface area contributed by atoms with Crippen LogP contribution in [0.25, 0.3) is 5.69 Å². The number of nitrogens with zero attached hydrogens (tertiary/aromatic N) is 5. The number of carbonyl (C=O) groups is 1. The molecule has 0 N–H and O–H groups in total. The van der Waals surface area contributed by atoms with Gasteiger partial charge in [0.25, 0.3) is 0 Å². The van der Waals surface area contributed by atoms with Crippen LogP contribution < -0.4 is 0 Å². The molecule has 1 aromatic carbocycles. The largest absolute Gasteiger partial charge is 0.465 e. The van der Waals surface area contributed by atoms with E-state index in [1.165, 1.54) is 24.4 Å². The molecule has 3 aromatic rings. The van der Waals surface area contributed by atoms with Crippen LogP contribution in [-0.2, 0) is 4.74 Å². The maximum absolute atomic E-state index is 11.8. The Hall–Kier alpha value is -3.22. The van der Waals surface area contributed by atoms with E-state index in [9.17, 15) is 4.79 Å². The summed E-state index contributed by atoms with van der Waals surface area (Å²) in [4.78, 5) is 11.8. The van der Waals surface area contributed by atoms with Crippen molar-refractivity contribution in [2.24, 2.45) is 5.10 Å². The molecule has 0 aliphatic rings. The Kier molecular flexibility index (Phi) is 4.47. The molecule has 0 fully saturated rings. The van der Waals surface area contributed by atoms with Gasteiger partial charge in [0.15, 0.2) is 0 Å². The van der Waals surface area contributed by atoms with Crippen LogP contribution in [0.5, 0.6) is 0 Å². The van der Waals surface area contributed by atoms with Crippen molar-refractivity contribution in [3.8, 4) is 5.69 Å². The van der Waals surface area contributed by atoms with Crippen molar-refractivity contribution < 1.29 is 9.53 Å². The number of methoxy groups -OCH3 is 1. The molecule has 2 aromatic heterocycles. The molecule has 0 saturated carbocycles. The molecule has 0 atom stereocenters. The number of hydrogen-bond acceptors (Lipinski definition) is 5. The number of benzene rings is 1. The first-order valence-electron chi connectivity index (χ1n) is 7.78. The minimum absolute atomic E-state index is 0.349. The van der Waals surface area contributed by atoms with Crippen molar-refractivity contribution in [3.63, 3.8) is 0 Å². The smallest absolute Gasteiger partial charge is 0.337 e. The summed E-state index contributed by atoms with van der Waals surface area (Å²) >= 11 is 0. The van der Waals surface area contributed by atoms with Crippen LogP contribution in [0.3, 0.4) is 0 Å². The van der Waals surface area contributed by atoms with E-state index in [1.807, 2.05) is 39.0 Å². The van der Waals surface area contributed by atoms with Crippen LogP contribution >= 0.6 is 0 Å². The fourth-order valence-electron chi connectivity index (χ4n) is 2.77. The van der Waals surface area contributed by atoms with Crippen LogP contribution in [-0.4, -0.2) is 38.7 Å². The quantitative estimate of drug-likeness (QED) is 0.542. The Morgan fingerprint density at radius 2 is 1.88 bits per heavy atom. The molecular formula is C18H19N5O2. The summed E-state index contributed by atoms with van der Waals surface area (Å²) in [6, 6.07) is 7.59. The normalized spacial score (nSPS) is 11.2. The van der Waals surface area contributed by atoms with Crippen LogP contribution in [0.15, 0.2) is 42.0 Å². The highest BCUT2D eigenvalue weighted by atomic mass is 16.5. The molecule has 0 spiro atoms. The van der Waals surface area contributed by atoms with E-state index in [-0.39, 0.29) is 5.97 Å². The molecule has 128 valence electrons. The summed E-state index contributed by atoms with van der Waals surface area (Å²) in [7, 11) is 1.38. The molecule has 0 unspecified atom stereocenters. The first-order chi connectivity index (χ1) is 12.0. The Morgan fingerprint density at radius 1 is 1.16 bits per heavy atom. The zero-order valence-corrected chi connectivity index (χ0v) is 14.6. The molecule has 0 saturated heterocycles. The summed E-state index contributed by atoms with van der Waals surface area (Å²) in [5.74, 6) is -0.349. The lowest BCUT2D eigenvalue weighted by Crippen LogP contribution is -2.06. The maximum Gasteiger partial charge on any atom is 0.337 e. The molecule has 25 heavy (non-hydrogen) atoms. The van der Waals surface area contributed by atoms with Crippen molar-refractivity contribution in [2.75, 3.05) is 7.11 Å². The zero-order chi connectivity index (χ0) is 18.0. The number of ether oxygens (including phenoxy) is 1. The average Bonchev–Trinajstić information content (AvgIpc) is 3.21. The van der Waals surface area contributed by atoms with Gasteiger partial charge in [-0.3, -0.25) is 0 Å². The standard InChI is InChI=1S/C18H19N5O2/c1-12-5-6-15(18(24)25-4)8-17(12)23-13(2)7-16(14(23)3)9-21-22-10-19-20-11-22/h5-11H,1-4H3/b21-9-. The van der Waals surface area contributed by atoms with Gasteiger partial charge in [-0.2, -0.15) is 5.10 Å². The summed E-state index contributed by atoms with van der Waals surface area (Å²) in [5.41, 5.74) is 5.59. The second-order valence-corrected chi connectivity index (χ2v) is 5.74. The van der Waals surface area contributed by atoms with Gasteiger partial charge in [0.1, 0.15) is 12.7 Å². The molecule has 7 heteroatoms. The summed E-state index contributed by atoms with van der Waals surface area (Å²) in [6.45, 7) is 6.05. The van der Waals surface area contributed by atoms with Gasteiger partial charge >= 0.3 is 5.97 Å². The second kappa shape index (κ2) is 6.72. The van der Waals surface area contributed by atoms with E-state index in [2.05, 4.69) is 19.9 Å². The Labute approximate surface area is 145 Å². The molecule has 0 aliphatic heterocycles. The van der Waals surface area contributed by atoms with Crippen molar-refractivity contribution in [1.82, 2.24) is 19.4 Å². The van der Waals surface area contributed by atoms with Gasteiger partial charge < -0.3 is 9.30 Å². The van der Waals surface area contributed by atoms with Gasteiger partial charge in [-0.15, -0.1) is 10.2 Å². The van der Waals surface area contributed by atoms with Crippen LogP contribution in [0, 0.1) is 20.8 Å². The highest BCUT2D eigenvalue weighted by Crippen LogP contribution is 2.24. The lowest BCUT2D eigenvalue weighted by molar-refractivity contribution is 0.0600. The van der Waals surface area contributed by atoms with E-state index in [4.69, 9.17) is 4.74 Å². The SMILES string of the molecule is COC(=O)c1ccc(C)c(-n2c(C)cc(/C=N\n3cnnc3)c2C)c1. The second-order valence-electron chi connectivity index (χ2n) is 5.74. The third-order valence-corrected chi connectivity index (χ3v) is 4.08. The molecular weight excluding hydrogens is 318 g/mol. The highest BCUT2D eigenvalue weighted by Gasteiger charge is 2.14. The van der Waals surface area contributed by atoms with E-state index >= 15 is 0 Å². The summed E-state index contributed by atoms with van der Waals surface area (Å²) < 4.78 is 8.47. The van der Waals surface area contributed by atoms with Gasteiger partial charge in [0, 0.05) is 22.6 Å². The van der Waals surface area contributed by atoms with Gasteiger partial charge in [-0.1, -0.05) is 6.07 Å². The topological polar surface area (TPSA) is 74.3 Å². The number of carbonyl (C=O) groups excluding carboxylic acids is 1. The molecule has 3 rings (SSSR count). The predicted molar refractivity (Wildman–Crippen MR) is 94.3 cm³/mol. The van der Waals surface area contributed by atoms with E-state index in [0.29, 0.717) is 5.56 Å². The van der Waals surface area contributed by atoms with Gasteiger partial charge in [0.2, 0.25) is 0 Å². The third kappa shape index (κ3) is 3.21. The van der Waals surface area contributed by atoms with E-state index in [0.717, 1.165) is 28.2 Å². The van der Waals surface area contributed by atoms with Crippen LogP contribution in [0.1, 0.15) is 32.9 Å². The molecule has 7 nitrogen and oxygen atoms in total. The number of rotatable bonds is 4. The van der Waals surface area contributed by atoms with Gasteiger partial charge in [-0.25, -0.2) is 9.47 Å². The Balaban J connectivity index is 2.05. The molecule has 0 aliphatic carbocycles. The van der Waals surface area contributed by atoms with Gasteiger partial charge in [-0.05, 0) is 44.5 Å². The molecule has 0 bridgehead atoms. The van der Waals surface area contributed by atoms with Crippen LogP contribution in [0.2, 0.25) is 0 Å². The minimum Gasteiger partial charge on any atom is -0.465 e. The van der Waals surface area contributed by atoms with E-state index in [1.54, 1.807) is 12.3 Å². The molecule has 2 heterocycles. The molecule has 0 amide bonds. The fourth-order valence-corrected chi connectivity index (χ4v) is 2.77. The van der Waals surface area contributed by atoms with Crippen molar-refractivity contribution in [3.05, 3.63) is 65.0 Å². The van der Waals surface area contributed by atoms with Crippen molar-refractivity contribution in [1.29, 1.82) is 0 Å². The zero-order valence-electron chi connectivity index (χ0n) is 14.6. The number of hydrogen-bond donors (Lipinski definition) is 0. The summed E-state index contributed by atoms with van der Waals surface area (Å²) in [5, 5.41) is 11.8. The highest BCUT2D eigenvalue weighted by molar-refractivity contribution is 5.90. The number of esters is 1. The third-order valence-electron chi connectivity index (χ3n) is 4.08. The Morgan fingerprint density at radius 3 is 2.56 bits per heavy atom. The summed E-state index contributed by atoms with van der Waals surface area (Å²) in [6.07, 6.45) is 4.82. The first-order valence-corrected chi connectivity index (χ1v) is 7.78. The number of aryl methyl sites for hydroxylation is 2.